The maximum Gasteiger partial charge on any atom is 0.271 e. The minimum Gasteiger partial charge on any atom is -0.267 e. The zero-order valence-electron chi connectivity index (χ0n) is 9.53. The topological polar surface area (TPSA) is 41.5 Å². The number of hydrazone groups is 1. The number of benzene rings is 1. The van der Waals surface area contributed by atoms with Crippen LogP contribution in [0.25, 0.3) is 0 Å². The van der Waals surface area contributed by atoms with Crippen LogP contribution in [0.1, 0.15) is 30.1 Å². The molecule has 1 aromatic rings. The predicted octanol–water partition coefficient (Wildman–Crippen LogP) is 2.65. The van der Waals surface area contributed by atoms with E-state index in [0.29, 0.717) is 5.56 Å². The highest BCUT2D eigenvalue weighted by atomic mass is 19.1. The van der Waals surface area contributed by atoms with Crippen LogP contribution in [0.3, 0.4) is 0 Å². The lowest BCUT2D eigenvalue weighted by molar-refractivity contribution is 0.0955. The summed E-state index contributed by atoms with van der Waals surface area (Å²) in [5.41, 5.74) is 5.00. The lowest BCUT2D eigenvalue weighted by Gasteiger charge is -2.00. The van der Waals surface area contributed by atoms with E-state index in [2.05, 4.69) is 10.5 Å². The van der Waals surface area contributed by atoms with E-state index in [0.717, 1.165) is 18.6 Å². The van der Waals surface area contributed by atoms with Crippen molar-refractivity contribution in [1.82, 2.24) is 5.43 Å². The molecule has 1 aromatic carbocycles. The summed E-state index contributed by atoms with van der Waals surface area (Å²) in [5, 5.41) is 4.02. The first-order valence-corrected chi connectivity index (χ1v) is 5.45. The number of carbonyl (C=O) groups is 1. The molecule has 0 aromatic heterocycles. The summed E-state index contributed by atoms with van der Waals surface area (Å²) in [4.78, 5) is 11.6. The van der Waals surface area contributed by atoms with Gasteiger partial charge in [0.2, 0.25) is 0 Å². The van der Waals surface area contributed by atoms with Crippen LogP contribution in [0.4, 0.5) is 4.39 Å². The second kappa shape index (κ2) is 4.91. The molecule has 0 spiro atoms. The monoisotopic (exact) mass is 232 g/mol. The van der Waals surface area contributed by atoms with Gasteiger partial charge < -0.3 is 0 Å². The Morgan fingerprint density at radius 3 is 2.59 bits per heavy atom. The number of rotatable bonds is 2. The number of nitrogens with one attached hydrogen (secondary N) is 1. The number of hydrogen-bond donors (Lipinski definition) is 1. The van der Waals surface area contributed by atoms with E-state index in [1.807, 2.05) is 13.0 Å². The highest BCUT2D eigenvalue weighted by molar-refractivity contribution is 6.00. The second-order valence-corrected chi connectivity index (χ2v) is 4.04. The average molecular weight is 232 g/mol. The molecule has 1 aliphatic carbocycles. The van der Waals surface area contributed by atoms with Gasteiger partial charge in [-0.2, -0.15) is 5.10 Å². The summed E-state index contributed by atoms with van der Waals surface area (Å²) in [6.45, 7) is 2.03. The molecule has 0 saturated heterocycles. The molecule has 1 amide bonds. The van der Waals surface area contributed by atoms with Crippen molar-refractivity contribution < 1.29 is 9.18 Å². The predicted molar refractivity (Wildman–Crippen MR) is 64.3 cm³/mol. The molecule has 0 radical (unpaired) electrons. The number of hydrogen-bond acceptors (Lipinski definition) is 2. The maximum absolute atomic E-state index is 12.7. The quantitative estimate of drug-likeness (QED) is 0.782. The van der Waals surface area contributed by atoms with Gasteiger partial charge in [-0.15, -0.1) is 0 Å². The molecule has 4 heteroatoms. The maximum atomic E-state index is 12.7. The summed E-state index contributed by atoms with van der Waals surface area (Å²) >= 11 is 0. The molecule has 0 aliphatic heterocycles. The minimum absolute atomic E-state index is 0.324. The molecule has 88 valence electrons. The van der Waals surface area contributed by atoms with Crippen LogP contribution in [-0.4, -0.2) is 11.6 Å². The molecule has 0 bridgehead atoms. The number of amides is 1. The number of nitrogens with zero attached hydrogens (tertiary/aromatic N) is 1. The zero-order valence-corrected chi connectivity index (χ0v) is 9.53. The molecule has 3 nitrogen and oxygen atoms in total. The summed E-state index contributed by atoms with van der Waals surface area (Å²) in [7, 11) is 0. The van der Waals surface area contributed by atoms with Crippen molar-refractivity contribution in [2.24, 2.45) is 5.10 Å². The molecular weight excluding hydrogens is 219 g/mol. The number of halogens is 1. The molecule has 0 atom stereocenters. The van der Waals surface area contributed by atoms with Crippen molar-refractivity contribution in [2.75, 3.05) is 0 Å². The van der Waals surface area contributed by atoms with Crippen LogP contribution in [0, 0.1) is 5.82 Å². The van der Waals surface area contributed by atoms with Crippen LogP contribution in [0.15, 0.2) is 41.0 Å². The Morgan fingerprint density at radius 2 is 2.00 bits per heavy atom. The Labute approximate surface area is 99.0 Å². The molecule has 17 heavy (non-hydrogen) atoms. The minimum atomic E-state index is -0.359. The van der Waals surface area contributed by atoms with Gasteiger partial charge in [0.15, 0.2) is 0 Å². The fraction of sp³-hybridized carbons (Fsp3) is 0.231. The highest BCUT2D eigenvalue weighted by Crippen LogP contribution is 2.14. The summed E-state index contributed by atoms with van der Waals surface area (Å²) in [6, 6.07) is 5.37. The lowest BCUT2D eigenvalue weighted by Crippen LogP contribution is -2.18. The lowest BCUT2D eigenvalue weighted by atomic mass is 10.2. The standard InChI is InChI=1S/C13H13FN2O/c1-9-2-7-12(8-9)15-16-13(17)10-3-5-11(14)6-4-10/h3-6,8H,2,7H2,1H3,(H,16,17)/b15-12-. The third-order valence-corrected chi connectivity index (χ3v) is 2.60. The van der Waals surface area contributed by atoms with Gasteiger partial charge >= 0.3 is 0 Å². The highest BCUT2D eigenvalue weighted by Gasteiger charge is 2.08. The van der Waals surface area contributed by atoms with Crippen LogP contribution >= 0.6 is 0 Å². The van der Waals surface area contributed by atoms with Gasteiger partial charge in [-0.05, 0) is 50.1 Å². The Balaban J connectivity index is 2.00. The zero-order chi connectivity index (χ0) is 12.3. The summed E-state index contributed by atoms with van der Waals surface area (Å²) in [6.07, 6.45) is 3.81. The van der Waals surface area contributed by atoms with Crippen molar-refractivity contribution in [3.05, 3.63) is 47.3 Å². The van der Waals surface area contributed by atoms with Crippen molar-refractivity contribution in [3.63, 3.8) is 0 Å². The molecule has 0 fully saturated rings. The third kappa shape index (κ3) is 3.00. The normalized spacial score (nSPS) is 17.1. The van der Waals surface area contributed by atoms with Crippen LogP contribution in [0.5, 0.6) is 0 Å². The fourth-order valence-corrected chi connectivity index (χ4v) is 1.63. The van der Waals surface area contributed by atoms with Gasteiger partial charge in [0.1, 0.15) is 5.82 Å². The van der Waals surface area contributed by atoms with E-state index >= 15 is 0 Å². The Kier molecular flexibility index (Phi) is 3.32. The summed E-state index contributed by atoms with van der Waals surface area (Å²) in [5.74, 6) is -0.683. The molecular formula is C13H13FN2O. The molecule has 0 unspecified atom stereocenters. The molecule has 0 saturated carbocycles. The van der Waals surface area contributed by atoms with Crippen LogP contribution in [0.2, 0.25) is 0 Å². The van der Waals surface area contributed by atoms with Crippen molar-refractivity contribution in [3.8, 4) is 0 Å². The SMILES string of the molecule is CC1=C/C(=N\NC(=O)c2ccc(F)cc2)CC1. The first kappa shape index (κ1) is 11.5. The number of allylic oxidation sites excluding steroid dienone is 2. The molecule has 1 aliphatic rings. The third-order valence-electron chi connectivity index (χ3n) is 2.60. The largest absolute Gasteiger partial charge is 0.271 e. The van der Waals surface area contributed by atoms with Crippen molar-refractivity contribution >= 4 is 11.6 Å². The first-order valence-electron chi connectivity index (χ1n) is 5.45. The van der Waals surface area contributed by atoms with E-state index in [-0.39, 0.29) is 11.7 Å². The smallest absolute Gasteiger partial charge is 0.267 e. The van der Waals surface area contributed by atoms with Crippen molar-refractivity contribution in [1.29, 1.82) is 0 Å². The van der Waals surface area contributed by atoms with Gasteiger partial charge in [-0.25, -0.2) is 9.82 Å². The van der Waals surface area contributed by atoms with E-state index in [9.17, 15) is 9.18 Å². The molecule has 2 rings (SSSR count). The van der Waals surface area contributed by atoms with Gasteiger partial charge in [0.25, 0.3) is 5.91 Å². The fourth-order valence-electron chi connectivity index (χ4n) is 1.63. The van der Waals surface area contributed by atoms with Crippen molar-refractivity contribution in [2.45, 2.75) is 19.8 Å². The van der Waals surface area contributed by atoms with E-state index in [1.165, 1.54) is 29.8 Å². The first-order chi connectivity index (χ1) is 8.15. The number of carbonyl (C=O) groups excluding carboxylic acids is 1. The second-order valence-electron chi connectivity index (χ2n) is 4.04. The van der Waals surface area contributed by atoms with E-state index in [4.69, 9.17) is 0 Å². The van der Waals surface area contributed by atoms with E-state index in [1.54, 1.807) is 0 Å². The Bertz CT molecular complexity index is 489. The van der Waals surface area contributed by atoms with Gasteiger partial charge in [-0.3, -0.25) is 4.79 Å². The van der Waals surface area contributed by atoms with Gasteiger partial charge in [0, 0.05) is 5.56 Å². The van der Waals surface area contributed by atoms with Gasteiger partial charge in [0.05, 0.1) is 5.71 Å². The summed E-state index contributed by atoms with van der Waals surface area (Å²) < 4.78 is 12.7. The Morgan fingerprint density at radius 1 is 1.29 bits per heavy atom. The molecule has 0 heterocycles. The van der Waals surface area contributed by atoms with E-state index < -0.39 is 0 Å². The molecule has 1 N–H and O–H groups in total. The Hall–Kier alpha value is -1.97. The average Bonchev–Trinajstić information content (AvgIpc) is 2.73. The van der Waals surface area contributed by atoms with Crippen LogP contribution in [-0.2, 0) is 0 Å². The van der Waals surface area contributed by atoms with Gasteiger partial charge in [-0.1, -0.05) is 5.57 Å². The van der Waals surface area contributed by atoms with Crippen LogP contribution < -0.4 is 5.43 Å².